The lowest BCUT2D eigenvalue weighted by atomic mass is 9.79. The van der Waals surface area contributed by atoms with Gasteiger partial charge in [-0.05, 0) is 31.4 Å². The van der Waals surface area contributed by atoms with Gasteiger partial charge in [0.15, 0.2) is 0 Å². The molecular formula is C18H29N3. The first-order chi connectivity index (χ1) is 10.3. The van der Waals surface area contributed by atoms with E-state index in [4.69, 9.17) is 0 Å². The van der Waals surface area contributed by atoms with Crippen LogP contribution in [0.1, 0.15) is 51.1 Å². The van der Waals surface area contributed by atoms with Crippen LogP contribution in [0.4, 0.5) is 0 Å². The number of hydrogen-bond donors (Lipinski definition) is 1. The molecule has 0 radical (unpaired) electrons. The average Bonchev–Trinajstić information content (AvgIpc) is 2.55. The van der Waals surface area contributed by atoms with Gasteiger partial charge in [-0.3, -0.25) is 9.88 Å². The normalized spacial score (nSPS) is 26.0. The topological polar surface area (TPSA) is 28.2 Å². The molecule has 1 saturated carbocycles. The number of rotatable bonds is 4. The van der Waals surface area contributed by atoms with Crippen LogP contribution >= 0.6 is 0 Å². The van der Waals surface area contributed by atoms with Gasteiger partial charge < -0.3 is 5.32 Å². The van der Waals surface area contributed by atoms with Crippen LogP contribution in [0.2, 0.25) is 0 Å². The van der Waals surface area contributed by atoms with E-state index >= 15 is 0 Å². The second kappa shape index (κ2) is 6.89. The second-order valence-electron chi connectivity index (χ2n) is 6.83. The third-order valence-electron chi connectivity index (χ3n) is 5.40. The maximum atomic E-state index is 4.48. The highest BCUT2D eigenvalue weighted by Crippen LogP contribution is 2.32. The van der Waals surface area contributed by atoms with Crippen molar-refractivity contribution >= 4 is 0 Å². The Morgan fingerprint density at radius 2 is 2.14 bits per heavy atom. The van der Waals surface area contributed by atoms with E-state index in [9.17, 15) is 0 Å². The molecule has 0 amide bonds. The zero-order chi connectivity index (χ0) is 14.5. The average molecular weight is 287 g/mol. The summed E-state index contributed by atoms with van der Waals surface area (Å²) in [5, 5.41) is 3.91. The molecule has 0 aromatic carbocycles. The first-order valence-electron chi connectivity index (χ1n) is 8.70. The van der Waals surface area contributed by atoms with E-state index in [1.807, 2.05) is 12.3 Å². The molecule has 2 aliphatic rings. The number of nitrogens with zero attached hydrogens (tertiary/aromatic N) is 2. The van der Waals surface area contributed by atoms with Crippen molar-refractivity contribution in [1.82, 2.24) is 15.2 Å². The van der Waals surface area contributed by atoms with E-state index < -0.39 is 0 Å². The molecule has 1 aliphatic heterocycles. The van der Waals surface area contributed by atoms with Crippen LogP contribution in [-0.4, -0.2) is 41.1 Å². The summed E-state index contributed by atoms with van der Waals surface area (Å²) in [5.74, 6) is 0. The van der Waals surface area contributed by atoms with Crippen molar-refractivity contribution in [3.63, 3.8) is 0 Å². The van der Waals surface area contributed by atoms with E-state index in [1.54, 1.807) is 0 Å². The molecule has 0 bridgehead atoms. The van der Waals surface area contributed by atoms with Crippen molar-refractivity contribution in [2.24, 2.45) is 0 Å². The van der Waals surface area contributed by atoms with Crippen molar-refractivity contribution in [3.05, 3.63) is 30.1 Å². The lowest BCUT2D eigenvalue weighted by Crippen LogP contribution is -2.64. The quantitative estimate of drug-likeness (QED) is 0.922. The van der Waals surface area contributed by atoms with Gasteiger partial charge in [-0.15, -0.1) is 0 Å². The third kappa shape index (κ3) is 3.64. The Hall–Kier alpha value is -0.930. The summed E-state index contributed by atoms with van der Waals surface area (Å²) >= 11 is 0. The highest BCUT2D eigenvalue weighted by atomic mass is 15.3. The monoisotopic (exact) mass is 287 g/mol. The molecule has 3 rings (SSSR count). The Bertz CT molecular complexity index is 425. The molecule has 1 aliphatic carbocycles. The Balaban J connectivity index is 1.62. The largest absolute Gasteiger partial charge is 0.308 e. The predicted molar refractivity (Wildman–Crippen MR) is 87.4 cm³/mol. The highest BCUT2D eigenvalue weighted by Gasteiger charge is 2.38. The SMILES string of the molecule is CCC1CNC2(CCCCC2)CN1CCc1ccccn1. The first kappa shape index (κ1) is 15.0. The van der Waals surface area contributed by atoms with E-state index in [2.05, 4.69) is 34.3 Å². The second-order valence-corrected chi connectivity index (χ2v) is 6.83. The fourth-order valence-electron chi connectivity index (χ4n) is 4.07. The molecule has 1 spiro atoms. The highest BCUT2D eigenvalue weighted by molar-refractivity contribution is 5.05. The summed E-state index contributed by atoms with van der Waals surface area (Å²) < 4.78 is 0. The first-order valence-corrected chi connectivity index (χ1v) is 8.70. The molecule has 1 saturated heterocycles. The van der Waals surface area contributed by atoms with Gasteiger partial charge >= 0.3 is 0 Å². The van der Waals surface area contributed by atoms with Crippen LogP contribution < -0.4 is 5.32 Å². The van der Waals surface area contributed by atoms with Gasteiger partial charge in [0.1, 0.15) is 0 Å². The van der Waals surface area contributed by atoms with Crippen LogP contribution in [0, 0.1) is 0 Å². The predicted octanol–water partition coefficient (Wildman–Crippen LogP) is 3.01. The van der Waals surface area contributed by atoms with Gasteiger partial charge in [0.2, 0.25) is 0 Å². The maximum Gasteiger partial charge on any atom is 0.0416 e. The van der Waals surface area contributed by atoms with Crippen LogP contribution in [0.15, 0.2) is 24.4 Å². The Labute approximate surface area is 129 Å². The minimum absolute atomic E-state index is 0.411. The van der Waals surface area contributed by atoms with Crippen molar-refractivity contribution in [1.29, 1.82) is 0 Å². The fraction of sp³-hybridized carbons (Fsp3) is 0.722. The minimum atomic E-state index is 0.411. The molecule has 116 valence electrons. The van der Waals surface area contributed by atoms with Crippen LogP contribution in [-0.2, 0) is 6.42 Å². The Morgan fingerprint density at radius 1 is 1.29 bits per heavy atom. The van der Waals surface area contributed by atoms with Crippen molar-refractivity contribution in [2.45, 2.75) is 63.5 Å². The molecule has 1 unspecified atom stereocenters. The van der Waals surface area contributed by atoms with Crippen LogP contribution in [0.5, 0.6) is 0 Å². The molecule has 3 nitrogen and oxygen atoms in total. The number of aromatic nitrogens is 1. The summed E-state index contributed by atoms with van der Waals surface area (Å²) in [5.41, 5.74) is 1.64. The van der Waals surface area contributed by atoms with E-state index in [0.717, 1.165) is 13.0 Å². The number of nitrogens with one attached hydrogen (secondary N) is 1. The maximum absolute atomic E-state index is 4.48. The van der Waals surface area contributed by atoms with Crippen molar-refractivity contribution in [3.8, 4) is 0 Å². The van der Waals surface area contributed by atoms with Crippen LogP contribution in [0.3, 0.4) is 0 Å². The third-order valence-corrected chi connectivity index (χ3v) is 5.40. The number of piperazine rings is 1. The molecular weight excluding hydrogens is 258 g/mol. The molecule has 1 atom stereocenters. The van der Waals surface area contributed by atoms with E-state index in [0.29, 0.717) is 11.6 Å². The van der Waals surface area contributed by atoms with Gasteiger partial charge in [-0.25, -0.2) is 0 Å². The Kier molecular flexibility index (Phi) is 4.91. The molecule has 2 fully saturated rings. The van der Waals surface area contributed by atoms with Gasteiger partial charge in [-0.2, -0.15) is 0 Å². The summed E-state index contributed by atoms with van der Waals surface area (Å²) in [6.07, 6.45) is 11.2. The Morgan fingerprint density at radius 3 is 2.86 bits per heavy atom. The zero-order valence-corrected chi connectivity index (χ0v) is 13.4. The summed E-state index contributed by atoms with van der Waals surface area (Å²) in [6.45, 7) is 5.87. The molecule has 1 aromatic heterocycles. The standard InChI is InChI=1S/C18H29N3/c1-2-17-14-20-18(10-5-3-6-11-18)15-21(17)13-9-16-8-4-7-12-19-16/h4,7-8,12,17,20H,2-3,5-6,9-11,13-15H2,1H3. The number of pyridine rings is 1. The molecule has 1 N–H and O–H groups in total. The lowest BCUT2D eigenvalue weighted by Gasteiger charge is -2.49. The lowest BCUT2D eigenvalue weighted by molar-refractivity contribution is 0.0547. The van der Waals surface area contributed by atoms with Gasteiger partial charge in [0.05, 0.1) is 0 Å². The van der Waals surface area contributed by atoms with Crippen molar-refractivity contribution in [2.75, 3.05) is 19.6 Å². The summed E-state index contributed by atoms with van der Waals surface area (Å²) in [4.78, 5) is 7.21. The molecule has 2 heterocycles. The minimum Gasteiger partial charge on any atom is -0.308 e. The van der Waals surface area contributed by atoms with Gasteiger partial charge in [-0.1, -0.05) is 32.3 Å². The summed E-state index contributed by atoms with van der Waals surface area (Å²) in [7, 11) is 0. The smallest absolute Gasteiger partial charge is 0.0416 e. The van der Waals surface area contributed by atoms with Gasteiger partial charge in [0.25, 0.3) is 0 Å². The molecule has 3 heteroatoms. The van der Waals surface area contributed by atoms with E-state index in [1.165, 1.54) is 57.3 Å². The van der Waals surface area contributed by atoms with Crippen LogP contribution in [0.25, 0.3) is 0 Å². The molecule has 1 aromatic rings. The van der Waals surface area contributed by atoms with Crippen molar-refractivity contribution < 1.29 is 0 Å². The molecule has 21 heavy (non-hydrogen) atoms. The van der Waals surface area contributed by atoms with Gasteiger partial charge in [0, 0.05) is 49.5 Å². The van der Waals surface area contributed by atoms with E-state index in [-0.39, 0.29) is 0 Å². The fourth-order valence-corrected chi connectivity index (χ4v) is 4.07. The summed E-state index contributed by atoms with van der Waals surface area (Å²) in [6, 6.07) is 6.95. The number of hydrogen-bond acceptors (Lipinski definition) is 3. The zero-order valence-electron chi connectivity index (χ0n) is 13.4.